The highest BCUT2D eigenvalue weighted by atomic mass is 16.4. The molecule has 7 heteroatoms. The molecule has 2 aromatic carbocycles. The first-order chi connectivity index (χ1) is 17.8. The third-order valence-corrected chi connectivity index (χ3v) is 7.90. The molecule has 0 saturated carbocycles. The standard InChI is InChI=1S/C30H28O7/c1-15-13-21(25-17-8-3-5-10-19(17)30(35)37-23(25)14-15)27(32)28(33)26(31)20-11-6-12-22-24(20)16-7-2-4-9-18(16)29(34)36-22/h6,11-14,26-27,31-32H,2-5,7-10H2,1H3. The highest BCUT2D eigenvalue weighted by Gasteiger charge is 2.32. The number of aryl methyl sites for hydroxylation is 3. The average molecular weight is 501 g/mol. The molecule has 6 rings (SSSR count). The summed E-state index contributed by atoms with van der Waals surface area (Å²) in [5.41, 5.74) is 4.09. The third-order valence-electron chi connectivity index (χ3n) is 7.90. The van der Waals surface area contributed by atoms with Crippen molar-refractivity contribution in [3.63, 3.8) is 0 Å². The van der Waals surface area contributed by atoms with Crippen LogP contribution >= 0.6 is 0 Å². The summed E-state index contributed by atoms with van der Waals surface area (Å²) in [7, 11) is 0. The molecule has 2 aliphatic carbocycles. The molecule has 0 radical (unpaired) electrons. The molecule has 2 atom stereocenters. The number of rotatable bonds is 4. The van der Waals surface area contributed by atoms with Crippen molar-refractivity contribution in [2.45, 2.75) is 70.5 Å². The van der Waals surface area contributed by atoms with E-state index in [1.54, 1.807) is 37.3 Å². The second kappa shape index (κ2) is 9.08. The van der Waals surface area contributed by atoms with E-state index in [1.165, 1.54) is 0 Å². The Morgan fingerprint density at radius 3 is 1.86 bits per heavy atom. The van der Waals surface area contributed by atoms with Gasteiger partial charge >= 0.3 is 11.3 Å². The van der Waals surface area contributed by atoms with Crippen LogP contribution in [0.2, 0.25) is 0 Å². The molecule has 2 N–H and O–H groups in total. The highest BCUT2D eigenvalue weighted by Crippen LogP contribution is 2.37. The number of aliphatic hydroxyl groups excluding tert-OH is 2. The van der Waals surface area contributed by atoms with Crippen LogP contribution in [0.15, 0.2) is 48.8 Å². The van der Waals surface area contributed by atoms with Crippen molar-refractivity contribution in [3.8, 4) is 0 Å². The summed E-state index contributed by atoms with van der Waals surface area (Å²) in [6, 6.07) is 8.39. The first kappa shape index (κ1) is 23.8. The van der Waals surface area contributed by atoms with Gasteiger partial charge in [0.2, 0.25) is 0 Å². The van der Waals surface area contributed by atoms with Gasteiger partial charge in [0.25, 0.3) is 0 Å². The minimum Gasteiger partial charge on any atom is -0.422 e. The summed E-state index contributed by atoms with van der Waals surface area (Å²) < 4.78 is 11.1. The minimum absolute atomic E-state index is 0.314. The lowest BCUT2D eigenvalue weighted by molar-refractivity contribution is -0.136. The Balaban J connectivity index is 1.49. The van der Waals surface area contributed by atoms with Gasteiger partial charge in [-0.1, -0.05) is 18.2 Å². The van der Waals surface area contributed by atoms with Gasteiger partial charge in [0.1, 0.15) is 23.4 Å². The normalized spacial score (nSPS) is 16.8. The van der Waals surface area contributed by atoms with Crippen molar-refractivity contribution in [3.05, 3.63) is 90.1 Å². The number of hydrogen-bond acceptors (Lipinski definition) is 7. The van der Waals surface area contributed by atoms with Gasteiger partial charge in [-0.15, -0.1) is 0 Å². The van der Waals surface area contributed by atoms with Crippen LogP contribution in [0.5, 0.6) is 0 Å². The number of aliphatic hydroxyl groups is 2. The highest BCUT2D eigenvalue weighted by molar-refractivity contribution is 5.98. The minimum atomic E-state index is -1.64. The summed E-state index contributed by atoms with van der Waals surface area (Å²) in [6.45, 7) is 1.80. The van der Waals surface area contributed by atoms with Crippen molar-refractivity contribution >= 4 is 27.7 Å². The number of fused-ring (bicyclic) bond motifs is 6. The first-order valence-electron chi connectivity index (χ1n) is 12.9. The average Bonchev–Trinajstić information content (AvgIpc) is 2.91. The molecule has 4 aromatic rings. The van der Waals surface area contributed by atoms with E-state index in [0.717, 1.165) is 42.4 Å². The molecule has 0 aliphatic heterocycles. The molecular formula is C30H28O7. The van der Waals surface area contributed by atoms with Crippen LogP contribution in [-0.4, -0.2) is 16.0 Å². The van der Waals surface area contributed by atoms with E-state index in [4.69, 9.17) is 8.83 Å². The topological polar surface area (TPSA) is 118 Å². The van der Waals surface area contributed by atoms with Gasteiger partial charge in [0.05, 0.1) is 0 Å². The zero-order chi connectivity index (χ0) is 25.8. The maximum Gasteiger partial charge on any atom is 0.339 e. The number of carbonyl (C=O) groups is 1. The van der Waals surface area contributed by atoms with Gasteiger partial charge in [-0.3, -0.25) is 4.79 Å². The zero-order valence-electron chi connectivity index (χ0n) is 20.6. The molecule has 0 fully saturated rings. The Morgan fingerprint density at radius 1 is 0.730 bits per heavy atom. The number of carbonyl (C=O) groups excluding carboxylic acids is 1. The molecule has 190 valence electrons. The molecule has 2 aromatic heterocycles. The number of hydrogen-bond donors (Lipinski definition) is 2. The smallest absolute Gasteiger partial charge is 0.339 e. The molecule has 0 bridgehead atoms. The van der Waals surface area contributed by atoms with Crippen LogP contribution in [0.25, 0.3) is 21.9 Å². The quantitative estimate of drug-likeness (QED) is 0.401. The second-order valence-electron chi connectivity index (χ2n) is 10.3. The van der Waals surface area contributed by atoms with Crippen LogP contribution < -0.4 is 11.3 Å². The van der Waals surface area contributed by atoms with Gasteiger partial charge in [-0.2, -0.15) is 0 Å². The molecule has 2 heterocycles. The molecule has 7 nitrogen and oxygen atoms in total. The molecule has 0 amide bonds. The molecule has 0 spiro atoms. The monoisotopic (exact) mass is 500 g/mol. The van der Waals surface area contributed by atoms with E-state index < -0.39 is 18.0 Å². The summed E-state index contributed by atoms with van der Waals surface area (Å²) in [6.07, 6.45) is 2.80. The molecule has 37 heavy (non-hydrogen) atoms. The van der Waals surface area contributed by atoms with Crippen LogP contribution in [0.4, 0.5) is 0 Å². The SMILES string of the molecule is Cc1cc(C(O)C(=O)C(O)c2cccc3oc(=O)c4c(c23)CCCC4)c2c3c(c(=O)oc2c1)CCCC3. The van der Waals surface area contributed by atoms with Crippen molar-refractivity contribution < 1.29 is 23.8 Å². The van der Waals surface area contributed by atoms with Crippen molar-refractivity contribution in [1.82, 2.24) is 0 Å². The van der Waals surface area contributed by atoms with Gasteiger partial charge in [0, 0.05) is 21.9 Å². The lowest BCUT2D eigenvalue weighted by Gasteiger charge is -2.23. The van der Waals surface area contributed by atoms with Crippen molar-refractivity contribution in [2.75, 3.05) is 0 Å². The van der Waals surface area contributed by atoms with Crippen LogP contribution in [0.1, 0.15) is 76.8 Å². The fourth-order valence-corrected chi connectivity index (χ4v) is 6.18. The van der Waals surface area contributed by atoms with Gasteiger partial charge < -0.3 is 19.0 Å². The van der Waals surface area contributed by atoms with E-state index in [1.807, 2.05) is 0 Å². The largest absolute Gasteiger partial charge is 0.422 e. The Bertz CT molecular complexity index is 1690. The Hall–Kier alpha value is -3.55. The summed E-state index contributed by atoms with van der Waals surface area (Å²) in [4.78, 5) is 38.7. The van der Waals surface area contributed by atoms with Crippen LogP contribution in [0.3, 0.4) is 0 Å². The van der Waals surface area contributed by atoms with Gasteiger partial charge in [0.15, 0.2) is 5.78 Å². The Kier molecular flexibility index (Phi) is 5.85. The fourth-order valence-electron chi connectivity index (χ4n) is 6.18. The predicted molar refractivity (Wildman–Crippen MR) is 138 cm³/mol. The van der Waals surface area contributed by atoms with E-state index in [2.05, 4.69) is 0 Å². The zero-order valence-corrected chi connectivity index (χ0v) is 20.6. The summed E-state index contributed by atoms with van der Waals surface area (Å²) >= 11 is 0. The third kappa shape index (κ3) is 3.85. The van der Waals surface area contributed by atoms with E-state index in [0.29, 0.717) is 69.9 Å². The van der Waals surface area contributed by atoms with Crippen LogP contribution in [0, 0.1) is 6.92 Å². The lowest BCUT2D eigenvalue weighted by Crippen LogP contribution is -2.23. The summed E-state index contributed by atoms with van der Waals surface area (Å²) in [5, 5.41) is 23.8. The van der Waals surface area contributed by atoms with E-state index in [-0.39, 0.29) is 11.3 Å². The first-order valence-corrected chi connectivity index (χ1v) is 12.9. The lowest BCUT2D eigenvalue weighted by atomic mass is 9.84. The number of ketones is 1. The summed E-state index contributed by atoms with van der Waals surface area (Å²) in [5.74, 6) is -0.786. The molecule has 0 saturated heterocycles. The maximum absolute atomic E-state index is 13.6. The fraction of sp³-hybridized carbons (Fsp3) is 0.367. The van der Waals surface area contributed by atoms with Crippen molar-refractivity contribution in [1.29, 1.82) is 0 Å². The van der Waals surface area contributed by atoms with E-state index >= 15 is 0 Å². The van der Waals surface area contributed by atoms with Gasteiger partial charge in [-0.25, -0.2) is 9.59 Å². The maximum atomic E-state index is 13.6. The molecular weight excluding hydrogens is 472 g/mol. The second-order valence-corrected chi connectivity index (χ2v) is 10.3. The van der Waals surface area contributed by atoms with Crippen LogP contribution in [-0.2, 0) is 30.5 Å². The van der Waals surface area contributed by atoms with Gasteiger partial charge in [-0.05, 0) is 98.2 Å². The number of Topliss-reactive ketones (excluding diaryl/α,β-unsaturated/α-hetero) is 1. The Morgan fingerprint density at radius 2 is 1.24 bits per heavy atom. The predicted octanol–water partition coefficient (Wildman–Crippen LogP) is 4.30. The van der Waals surface area contributed by atoms with E-state index in [9.17, 15) is 24.6 Å². The molecule has 2 unspecified atom stereocenters. The number of benzene rings is 2. The van der Waals surface area contributed by atoms with Crippen molar-refractivity contribution in [2.24, 2.45) is 0 Å². The Labute approximate surface area is 212 Å². The molecule has 2 aliphatic rings.